The van der Waals surface area contributed by atoms with Gasteiger partial charge in [-0.25, -0.2) is 4.98 Å². The standard InChI is InChI=1S/C22H26N4O6S/c1-32-17(15-5-3-2-4-6-15)12-24-21(28,29)11-14-7-9-16(10-8-14)25-19(27)22(30,31)18-13-33-20(23)26-18/h2-10,13,17,24,28-31H,11-12H2,1H3,(H2,23,26)(H,25,27). The summed E-state index contributed by atoms with van der Waals surface area (Å²) in [5.74, 6) is -6.15. The number of amides is 1. The third kappa shape index (κ3) is 6.55. The van der Waals surface area contributed by atoms with E-state index >= 15 is 0 Å². The van der Waals surface area contributed by atoms with Gasteiger partial charge in [0, 0.05) is 31.1 Å². The number of nitrogens with zero attached hydrogens (tertiary/aromatic N) is 1. The van der Waals surface area contributed by atoms with E-state index in [4.69, 9.17) is 10.5 Å². The molecule has 1 aromatic heterocycles. The summed E-state index contributed by atoms with van der Waals surface area (Å²) in [5, 5.41) is 47.3. The lowest BCUT2D eigenvalue weighted by atomic mass is 10.1. The van der Waals surface area contributed by atoms with Crippen LogP contribution in [0.2, 0.25) is 0 Å². The second kappa shape index (κ2) is 10.4. The SMILES string of the molecule is COC(CNC(O)(O)Cc1ccc(NC(=O)C(O)(O)c2csc(N)n2)cc1)c1ccccc1. The van der Waals surface area contributed by atoms with Crippen LogP contribution in [-0.2, 0) is 21.7 Å². The van der Waals surface area contributed by atoms with E-state index in [2.05, 4.69) is 15.6 Å². The molecule has 10 nitrogen and oxygen atoms in total. The number of hydrogen-bond donors (Lipinski definition) is 7. The molecule has 1 atom stereocenters. The molecule has 0 radical (unpaired) electrons. The van der Waals surface area contributed by atoms with Gasteiger partial charge in [0.25, 0.3) is 11.7 Å². The molecule has 1 amide bonds. The lowest BCUT2D eigenvalue weighted by Crippen LogP contribution is -2.48. The maximum atomic E-state index is 12.3. The molecule has 0 bridgehead atoms. The third-order valence-corrected chi connectivity index (χ3v) is 5.56. The molecule has 2 aromatic carbocycles. The van der Waals surface area contributed by atoms with Crippen LogP contribution in [0, 0.1) is 0 Å². The molecule has 176 valence electrons. The zero-order valence-corrected chi connectivity index (χ0v) is 18.6. The van der Waals surface area contributed by atoms with Gasteiger partial charge in [0.05, 0.1) is 6.10 Å². The monoisotopic (exact) mass is 474 g/mol. The van der Waals surface area contributed by atoms with Crippen molar-refractivity contribution in [3.63, 3.8) is 0 Å². The van der Waals surface area contributed by atoms with Crippen LogP contribution < -0.4 is 16.4 Å². The van der Waals surface area contributed by atoms with Crippen LogP contribution in [0.25, 0.3) is 0 Å². The molecule has 8 N–H and O–H groups in total. The second-order valence-corrected chi connectivity index (χ2v) is 8.29. The quantitative estimate of drug-likeness (QED) is 0.209. The highest BCUT2D eigenvalue weighted by molar-refractivity contribution is 7.13. The number of nitrogens with two attached hydrogens (primary N) is 1. The largest absolute Gasteiger partial charge is 0.375 e. The number of nitrogen functional groups attached to an aromatic ring is 1. The number of ether oxygens (including phenoxy) is 1. The number of carbonyl (C=O) groups excluding carboxylic acids is 1. The first kappa shape index (κ1) is 24.7. The summed E-state index contributed by atoms with van der Waals surface area (Å²) in [6, 6.07) is 15.5. The van der Waals surface area contributed by atoms with Crippen LogP contribution in [0.1, 0.15) is 22.9 Å². The van der Waals surface area contributed by atoms with Crippen molar-refractivity contribution in [3.8, 4) is 0 Å². The normalized spacial score (nSPS) is 13.0. The molecule has 1 unspecified atom stereocenters. The first-order valence-corrected chi connectivity index (χ1v) is 10.8. The van der Waals surface area contributed by atoms with Crippen molar-refractivity contribution < 1.29 is 30.0 Å². The second-order valence-electron chi connectivity index (χ2n) is 7.40. The Morgan fingerprint density at radius 3 is 2.36 bits per heavy atom. The van der Waals surface area contributed by atoms with Gasteiger partial charge in [-0.1, -0.05) is 42.5 Å². The number of benzene rings is 2. The summed E-state index contributed by atoms with van der Waals surface area (Å²) in [5.41, 5.74) is 6.93. The zero-order valence-electron chi connectivity index (χ0n) is 17.8. The Kier molecular flexibility index (Phi) is 7.76. The highest BCUT2D eigenvalue weighted by Gasteiger charge is 2.38. The minimum absolute atomic E-state index is 0.0975. The maximum absolute atomic E-state index is 12.3. The van der Waals surface area contributed by atoms with Crippen molar-refractivity contribution >= 4 is 28.1 Å². The van der Waals surface area contributed by atoms with Gasteiger partial charge in [-0.05, 0) is 23.3 Å². The van der Waals surface area contributed by atoms with E-state index in [0.717, 1.165) is 16.9 Å². The number of nitrogens with one attached hydrogen (secondary N) is 2. The average molecular weight is 475 g/mol. The number of thiazole rings is 1. The van der Waals surface area contributed by atoms with E-state index in [0.29, 0.717) is 5.56 Å². The number of methoxy groups -OCH3 is 1. The average Bonchev–Trinajstić information content (AvgIpc) is 3.23. The van der Waals surface area contributed by atoms with E-state index < -0.39 is 17.6 Å². The molecule has 33 heavy (non-hydrogen) atoms. The van der Waals surface area contributed by atoms with E-state index in [1.54, 1.807) is 19.2 Å². The predicted octanol–water partition coefficient (Wildman–Crippen LogP) is 0.660. The van der Waals surface area contributed by atoms with Crippen molar-refractivity contribution in [2.24, 2.45) is 0 Å². The van der Waals surface area contributed by atoms with E-state index in [-0.39, 0.29) is 35.6 Å². The molecule has 0 aliphatic rings. The highest BCUT2D eigenvalue weighted by atomic mass is 32.1. The number of hydrogen-bond acceptors (Lipinski definition) is 10. The molecule has 0 spiro atoms. The molecule has 3 aromatic rings. The number of rotatable bonds is 10. The Morgan fingerprint density at radius 2 is 1.79 bits per heavy atom. The molecule has 0 fully saturated rings. The molecule has 0 aliphatic carbocycles. The minimum Gasteiger partial charge on any atom is -0.375 e. The molecule has 0 aliphatic heterocycles. The Hall–Kier alpha value is -2.90. The Morgan fingerprint density at radius 1 is 1.12 bits per heavy atom. The smallest absolute Gasteiger partial charge is 0.291 e. The number of anilines is 2. The summed E-state index contributed by atoms with van der Waals surface area (Å²) in [4.78, 5) is 16.0. The topological polar surface area (TPSA) is 170 Å². The van der Waals surface area contributed by atoms with Crippen molar-refractivity contribution in [2.45, 2.75) is 24.2 Å². The molecule has 0 saturated carbocycles. The molecule has 11 heteroatoms. The van der Waals surface area contributed by atoms with Crippen LogP contribution >= 0.6 is 11.3 Å². The number of aliphatic hydroxyl groups is 4. The summed E-state index contributed by atoms with van der Waals surface area (Å²) in [6.07, 6.45) is -0.512. The van der Waals surface area contributed by atoms with Crippen molar-refractivity contribution in [1.29, 1.82) is 0 Å². The lowest BCUT2D eigenvalue weighted by Gasteiger charge is -2.26. The van der Waals surface area contributed by atoms with Gasteiger partial charge in [0.15, 0.2) is 5.13 Å². The summed E-state index contributed by atoms with van der Waals surface area (Å²) >= 11 is 0.973. The minimum atomic E-state index is -2.85. The highest BCUT2D eigenvalue weighted by Crippen LogP contribution is 2.24. The lowest BCUT2D eigenvalue weighted by molar-refractivity contribution is -0.187. The Labute approximate surface area is 194 Å². The fourth-order valence-corrected chi connectivity index (χ4v) is 3.70. The van der Waals surface area contributed by atoms with E-state index in [1.807, 2.05) is 30.3 Å². The molecule has 3 rings (SSSR count). The summed E-state index contributed by atoms with van der Waals surface area (Å²) in [7, 11) is 1.54. The number of aromatic nitrogens is 1. The van der Waals surface area contributed by atoms with Crippen LogP contribution in [-0.4, -0.2) is 50.9 Å². The Bertz CT molecular complexity index is 1060. The predicted molar refractivity (Wildman–Crippen MR) is 123 cm³/mol. The molecular weight excluding hydrogens is 448 g/mol. The van der Waals surface area contributed by atoms with Gasteiger partial charge in [-0.15, -0.1) is 11.3 Å². The van der Waals surface area contributed by atoms with Crippen LogP contribution in [0.5, 0.6) is 0 Å². The van der Waals surface area contributed by atoms with Gasteiger partial charge in [-0.2, -0.15) is 0 Å². The van der Waals surface area contributed by atoms with Gasteiger partial charge in [0.1, 0.15) is 5.69 Å². The third-order valence-electron chi connectivity index (χ3n) is 4.88. The summed E-state index contributed by atoms with van der Waals surface area (Å²) in [6.45, 7) is 0.165. The summed E-state index contributed by atoms with van der Waals surface area (Å²) < 4.78 is 5.42. The van der Waals surface area contributed by atoms with Crippen molar-refractivity contribution in [3.05, 3.63) is 76.8 Å². The van der Waals surface area contributed by atoms with Crippen molar-refractivity contribution in [2.75, 3.05) is 24.7 Å². The molecule has 1 heterocycles. The fraction of sp³-hybridized carbons (Fsp3) is 0.273. The van der Waals surface area contributed by atoms with Gasteiger partial charge >= 0.3 is 0 Å². The van der Waals surface area contributed by atoms with Gasteiger partial charge < -0.3 is 36.2 Å². The number of carbonyl (C=O) groups is 1. The zero-order chi connectivity index (χ0) is 24.1. The van der Waals surface area contributed by atoms with Crippen LogP contribution in [0.4, 0.5) is 10.8 Å². The Balaban J connectivity index is 1.57. The van der Waals surface area contributed by atoms with E-state index in [9.17, 15) is 25.2 Å². The fourth-order valence-electron chi connectivity index (χ4n) is 3.10. The van der Waals surface area contributed by atoms with Gasteiger partial charge in [0.2, 0.25) is 5.91 Å². The van der Waals surface area contributed by atoms with E-state index in [1.165, 1.54) is 17.5 Å². The molecular formula is C22H26N4O6S. The van der Waals surface area contributed by atoms with Crippen LogP contribution in [0.3, 0.4) is 0 Å². The van der Waals surface area contributed by atoms with Crippen LogP contribution in [0.15, 0.2) is 60.0 Å². The molecule has 0 saturated heterocycles. The van der Waals surface area contributed by atoms with Crippen molar-refractivity contribution in [1.82, 2.24) is 10.3 Å². The maximum Gasteiger partial charge on any atom is 0.291 e. The first-order chi connectivity index (χ1) is 15.6. The van der Waals surface area contributed by atoms with Gasteiger partial charge in [-0.3, -0.25) is 10.1 Å². The first-order valence-electron chi connectivity index (χ1n) is 9.95.